The van der Waals surface area contributed by atoms with Gasteiger partial charge in [-0.3, -0.25) is 0 Å². The van der Waals surface area contributed by atoms with Crippen LogP contribution in [0, 0.1) is 0 Å². The Morgan fingerprint density at radius 3 is 1.05 bits per heavy atom. The van der Waals surface area contributed by atoms with Crippen LogP contribution in [0.1, 0.15) is 243 Å². The van der Waals surface area contributed by atoms with Crippen molar-refractivity contribution in [1.29, 1.82) is 0 Å². The summed E-state index contributed by atoms with van der Waals surface area (Å²) in [6.07, 6.45) is 49.0. The highest BCUT2D eigenvalue weighted by molar-refractivity contribution is 7.17. The number of hydrogen-bond donors (Lipinski definition) is 0. The van der Waals surface area contributed by atoms with Crippen LogP contribution in [0.2, 0.25) is 0 Å². The Balaban J connectivity index is 1.94. The van der Waals surface area contributed by atoms with E-state index in [1.165, 1.54) is 218 Å². The third-order valence-electron chi connectivity index (χ3n) is 10.1. The Bertz CT molecular complexity index is 681. The van der Waals surface area contributed by atoms with E-state index in [-0.39, 0.29) is 0 Å². The molecule has 2 atom stereocenters. The summed E-state index contributed by atoms with van der Waals surface area (Å²) < 4.78 is 0. The average Bonchev–Trinajstić information content (AvgIpc) is 3.04. The molecule has 0 aliphatic carbocycles. The minimum Gasteiger partial charge on any atom is -0.130 e. The molecule has 2 unspecified atom stereocenters. The summed E-state index contributed by atoms with van der Waals surface area (Å²) in [5.41, 5.74) is 3.87. The lowest BCUT2D eigenvalue weighted by molar-refractivity contribution is 0.526. The molecule has 0 aliphatic rings. The van der Waals surface area contributed by atoms with Crippen LogP contribution in [0.3, 0.4) is 0 Å². The maximum atomic E-state index is 3.19. The molecule has 44 heavy (non-hydrogen) atoms. The van der Waals surface area contributed by atoms with Gasteiger partial charge in [-0.15, -0.1) is 9.24 Å². The van der Waals surface area contributed by atoms with Crippen molar-refractivity contribution in [2.45, 2.75) is 238 Å². The van der Waals surface area contributed by atoms with Crippen molar-refractivity contribution in [3.8, 4) is 0 Å². The van der Waals surface area contributed by atoms with Gasteiger partial charge in [0.05, 0.1) is 0 Å². The molecule has 1 aromatic carbocycles. The first-order valence-electron chi connectivity index (χ1n) is 20.6. The topological polar surface area (TPSA) is 0 Å². The van der Waals surface area contributed by atoms with Crippen LogP contribution in [0.5, 0.6) is 0 Å². The monoisotopic (exact) mass is 629 g/mol. The lowest BCUT2D eigenvalue weighted by Crippen LogP contribution is -1.98. The summed E-state index contributed by atoms with van der Waals surface area (Å²) in [6, 6.07) is 9.34. The standard InChI is InChI=1S/C43H81P/c1-3-5-7-9-11-13-15-17-19-21-23-25-27-29-31-33-37-41-38-35-36-39-42(41)43(44)40-34-32-30-28-26-24-22-20-18-16-14-12-10-8-6-4-2/h35-36,38-39,43H,3-34,37,40,44H2,1-2H3. The van der Waals surface area contributed by atoms with Crippen LogP contribution < -0.4 is 0 Å². The zero-order chi connectivity index (χ0) is 31.6. The molecule has 1 aromatic rings. The van der Waals surface area contributed by atoms with Gasteiger partial charge < -0.3 is 0 Å². The molecule has 0 saturated carbocycles. The minimum absolute atomic E-state index is 0.638. The summed E-state index contributed by atoms with van der Waals surface area (Å²) in [5, 5.41) is 0. The molecule has 0 aliphatic heterocycles. The van der Waals surface area contributed by atoms with Gasteiger partial charge in [0.25, 0.3) is 0 Å². The summed E-state index contributed by atoms with van der Waals surface area (Å²) in [6.45, 7) is 4.62. The van der Waals surface area contributed by atoms with E-state index in [1.54, 1.807) is 11.1 Å². The predicted molar refractivity (Wildman–Crippen MR) is 206 cm³/mol. The van der Waals surface area contributed by atoms with E-state index in [0.717, 1.165) is 0 Å². The van der Waals surface area contributed by atoms with E-state index in [1.807, 2.05) is 0 Å². The molecular formula is C43H81P. The lowest BCUT2D eigenvalue weighted by Gasteiger charge is -2.16. The second-order valence-electron chi connectivity index (χ2n) is 14.5. The first kappa shape index (κ1) is 41.7. The van der Waals surface area contributed by atoms with Crippen molar-refractivity contribution in [2.24, 2.45) is 0 Å². The maximum Gasteiger partial charge on any atom is -0.00119 e. The summed E-state index contributed by atoms with van der Waals surface area (Å²) in [4.78, 5) is 0. The highest BCUT2D eigenvalue weighted by atomic mass is 31.0. The molecule has 0 bridgehead atoms. The first-order valence-corrected chi connectivity index (χ1v) is 21.3. The van der Waals surface area contributed by atoms with Gasteiger partial charge in [-0.2, -0.15) is 0 Å². The van der Waals surface area contributed by atoms with E-state index < -0.39 is 0 Å². The van der Waals surface area contributed by atoms with Crippen molar-refractivity contribution in [3.63, 3.8) is 0 Å². The number of rotatable bonds is 35. The third-order valence-corrected chi connectivity index (χ3v) is 10.8. The highest BCUT2D eigenvalue weighted by Gasteiger charge is 2.10. The molecule has 0 fully saturated rings. The second kappa shape index (κ2) is 34.0. The van der Waals surface area contributed by atoms with Crippen LogP contribution in [-0.4, -0.2) is 0 Å². The number of unbranched alkanes of at least 4 members (excludes halogenated alkanes) is 30. The molecular weight excluding hydrogens is 547 g/mol. The average molecular weight is 629 g/mol. The van der Waals surface area contributed by atoms with Gasteiger partial charge in [0, 0.05) is 0 Å². The second-order valence-corrected chi connectivity index (χ2v) is 15.3. The molecule has 0 spiro atoms. The number of hydrogen-bond acceptors (Lipinski definition) is 0. The van der Waals surface area contributed by atoms with Crippen molar-refractivity contribution in [1.82, 2.24) is 0 Å². The van der Waals surface area contributed by atoms with Crippen molar-refractivity contribution >= 4 is 9.24 Å². The normalized spacial score (nSPS) is 12.2. The predicted octanol–water partition coefficient (Wildman–Crippen LogP) is 16.1. The Labute approximate surface area is 281 Å². The van der Waals surface area contributed by atoms with Crippen molar-refractivity contribution in [2.75, 3.05) is 0 Å². The Morgan fingerprint density at radius 1 is 0.386 bits per heavy atom. The van der Waals surface area contributed by atoms with Gasteiger partial charge in [0.2, 0.25) is 0 Å². The SMILES string of the molecule is CCCCCCCCCCCCCCCCCCc1ccccc1C(P)CCCCCCCCCCCCCCCCCC. The largest absolute Gasteiger partial charge is 0.130 e. The van der Waals surface area contributed by atoms with E-state index in [4.69, 9.17) is 0 Å². The Kier molecular flexibility index (Phi) is 32.2. The van der Waals surface area contributed by atoms with E-state index in [9.17, 15) is 0 Å². The smallest absolute Gasteiger partial charge is 0.00119 e. The molecule has 0 saturated heterocycles. The lowest BCUT2D eigenvalue weighted by atomic mass is 9.95. The Morgan fingerprint density at radius 2 is 0.682 bits per heavy atom. The van der Waals surface area contributed by atoms with Crippen molar-refractivity contribution in [3.05, 3.63) is 35.4 Å². The minimum atomic E-state index is 0.638. The number of aryl methyl sites for hydroxylation is 1. The van der Waals surface area contributed by atoms with Gasteiger partial charge in [-0.1, -0.05) is 237 Å². The highest BCUT2D eigenvalue weighted by Crippen LogP contribution is 2.32. The van der Waals surface area contributed by atoms with Crippen LogP contribution in [0.15, 0.2) is 24.3 Å². The molecule has 258 valence electrons. The van der Waals surface area contributed by atoms with Crippen molar-refractivity contribution < 1.29 is 0 Å². The summed E-state index contributed by atoms with van der Waals surface area (Å²) in [5.74, 6) is 0. The number of benzene rings is 1. The first-order chi connectivity index (χ1) is 21.8. The molecule has 0 N–H and O–H groups in total. The van der Waals surface area contributed by atoms with Gasteiger partial charge in [-0.05, 0) is 36.0 Å². The maximum absolute atomic E-state index is 3.19. The molecule has 0 nitrogen and oxygen atoms in total. The fourth-order valence-electron chi connectivity index (χ4n) is 7.05. The van der Waals surface area contributed by atoms with E-state index >= 15 is 0 Å². The van der Waals surface area contributed by atoms with Gasteiger partial charge in [0.1, 0.15) is 0 Å². The molecule has 1 heteroatoms. The molecule has 0 radical (unpaired) electrons. The van der Waals surface area contributed by atoms with Gasteiger partial charge in [-0.25, -0.2) is 0 Å². The van der Waals surface area contributed by atoms with Gasteiger partial charge >= 0.3 is 0 Å². The van der Waals surface area contributed by atoms with Crippen LogP contribution >= 0.6 is 9.24 Å². The zero-order valence-electron chi connectivity index (χ0n) is 30.5. The van der Waals surface area contributed by atoms with Crippen LogP contribution in [0.25, 0.3) is 0 Å². The molecule has 0 heterocycles. The molecule has 0 amide bonds. The quantitative estimate of drug-likeness (QED) is 0.0518. The zero-order valence-corrected chi connectivity index (χ0v) is 31.7. The van der Waals surface area contributed by atoms with Crippen LogP contribution in [-0.2, 0) is 6.42 Å². The fourth-order valence-corrected chi connectivity index (χ4v) is 7.62. The van der Waals surface area contributed by atoms with E-state index in [2.05, 4.69) is 47.4 Å². The Hall–Kier alpha value is -0.350. The van der Waals surface area contributed by atoms with Gasteiger partial charge in [0.15, 0.2) is 0 Å². The fraction of sp³-hybridized carbons (Fsp3) is 0.860. The molecule has 0 aromatic heterocycles. The van der Waals surface area contributed by atoms with E-state index in [0.29, 0.717) is 5.66 Å². The summed E-state index contributed by atoms with van der Waals surface area (Å²) >= 11 is 0. The summed E-state index contributed by atoms with van der Waals surface area (Å²) in [7, 11) is 3.19. The third kappa shape index (κ3) is 26.8. The molecule has 1 rings (SSSR count). The van der Waals surface area contributed by atoms with Crippen LogP contribution in [0.4, 0.5) is 0 Å².